The SMILES string of the molecule is COc1ccc(OC)c(-c2csc(NC(=O)c3cccc(S(=O)(=O)N4C[C@@H](C)O[C@@H](C)C4)c3)n2)c1. The number of carbonyl (C=O) groups is 1. The Bertz CT molecular complexity index is 1310. The molecule has 3 aromatic rings. The predicted octanol–water partition coefficient (Wildman–Crippen LogP) is 3.88. The Morgan fingerprint density at radius 3 is 2.54 bits per heavy atom. The molecule has 186 valence electrons. The molecule has 1 N–H and O–H groups in total. The average Bonchev–Trinajstić information content (AvgIpc) is 3.31. The molecule has 0 bridgehead atoms. The summed E-state index contributed by atoms with van der Waals surface area (Å²) < 4.78 is 44.1. The van der Waals surface area contributed by atoms with E-state index in [0.717, 1.165) is 5.56 Å². The van der Waals surface area contributed by atoms with Crippen LogP contribution in [0.3, 0.4) is 0 Å². The van der Waals surface area contributed by atoms with Crippen LogP contribution in [0.4, 0.5) is 5.13 Å². The molecule has 0 saturated carbocycles. The van der Waals surface area contributed by atoms with E-state index in [1.54, 1.807) is 49.9 Å². The highest BCUT2D eigenvalue weighted by atomic mass is 32.2. The van der Waals surface area contributed by atoms with Crippen molar-refractivity contribution in [3.63, 3.8) is 0 Å². The minimum atomic E-state index is -3.77. The van der Waals surface area contributed by atoms with Gasteiger partial charge in [-0.25, -0.2) is 13.4 Å². The third-order valence-electron chi connectivity index (χ3n) is 5.53. The second kappa shape index (κ2) is 10.3. The number of benzene rings is 2. The Labute approximate surface area is 208 Å². The second-order valence-electron chi connectivity index (χ2n) is 8.17. The largest absolute Gasteiger partial charge is 0.497 e. The van der Waals surface area contributed by atoms with Crippen molar-refractivity contribution in [3.8, 4) is 22.8 Å². The molecule has 0 unspecified atom stereocenters. The molecule has 1 saturated heterocycles. The van der Waals surface area contributed by atoms with E-state index in [-0.39, 0.29) is 35.8 Å². The molecule has 1 aliphatic rings. The number of hydrogen-bond acceptors (Lipinski definition) is 8. The average molecular weight is 518 g/mol. The number of nitrogens with zero attached hydrogens (tertiary/aromatic N) is 2. The molecule has 1 amide bonds. The lowest BCUT2D eigenvalue weighted by atomic mass is 10.1. The van der Waals surface area contributed by atoms with Crippen molar-refractivity contribution in [1.29, 1.82) is 0 Å². The van der Waals surface area contributed by atoms with Crippen molar-refractivity contribution in [3.05, 3.63) is 53.4 Å². The van der Waals surface area contributed by atoms with Crippen LogP contribution >= 0.6 is 11.3 Å². The lowest BCUT2D eigenvalue weighted by Crippen LogP contribution is -2.48. The molecule has 0 spiro atoms. The molecule has 35 heavy (non-hydrogen) atoms. The summed E-state index contributed by atoms with van der Waals surface area (Å²) >= 11 is 1.25. The summed E-state index contributed by atoms with van der Waals surface area (Å²) in [4.78, 5) is 17.5. The van der Waals surface area contributed by atoms with E-state index in [1.165, 1.54) is 27.8 Å². The van der Waals surface area contributed by atoms with Gasteiger partial charge in [0.05, 0.1) is 37.0 Å². The van der Waals surface area contributed by atoms with Crippen molar-refractivity contribution in [1.82, 2.24) is 9.29 Å². The fraction of sp³-hybridized carbons (Fsp3) is 0.333. The minimum Gasteiger partial charge on any atom is -0.497 e. The first-order valence-corrected chi connectivity index (χ1v) is 13.3. The number of sulfonamides is 1. The van der Waals surface area contributed by atoms with E-state index in [0.29, 0.717) is 22.3 Å². The smallest absolute Gasteiger partial charge is 0.257 e. The molecule has 9 nitrogen and oxygen atoms in total. The van der Waals surface area contributed by atoms with Gasteiger partial charge in [-0.2, -0.15) is 4.31 Å². The van der Waals surface area contributed by atoms with E-state index in [2.05, 4.69) is 10.3 Å². The van der Waals surface area contributed by atoms with Crippen LogP contribution in [0.2, 0.25) is 0 Å². The summed E-state index contributed by atoms with van der Waals surface area (Å²) in [6.07, 6.45) is -0.412. The van der Waals surface area contributed by atoms with E-state index in [9.17, 15) is 13.2 Å². The maximum atomic E-state index is 13.2. The quantitative estimate of drug-likeness (QED) is 0.507. The second-order valence-corrected chi connectivity index (χ2v) is 11.0. The normalized spacial score (nSPS) is 18.7. The number of methoxy groups -OCH3 is 2. The van der Waals surface area contributed by atoms with Gasteiger partial charge < -0.3 is 14.2 Å². The number of anilines is 1. The minimum absolute atomic E-state index is 0.0624. The van der Waals surface area contributed by atoms with Crippen LogP contribution in [0.15, 0.2) is 52.7 Å². The number of morpholine rings is 1. The zero-order chi connectivity index (χ0) is 25.2. The van der Waals surface area contributed by atoms with Gasteiger partial charge in [-0.3, -0.25) is 10.1 Å². The number of rotatable bonds is 7. The Morgan fingerprint density at radius 1 is 1.11 bits per heavy atom. The Hall–Kier alpha value is -2.99. The lowest BCUT2D eigenvalue weighted by molar-refractivity contribution is -0.0440. The summed E-state index contributed by atoms with van der Waals surface area (Å²) in [5.74, 6) is 0.823. The van der Waals surface area contributed by atoms with Gasteiger partial charge in [-0.05, 0) is 50.2 Å². The molecule has 2 heterocycles. The van der Waals surface area contributed by atoms with Gasteiger partial charge in [0, 0.05) is 29.6 Å². The number of carbonyl (C=O) groups excluding carboxylic acids is 1. The maximum absolute atomic E-state index is 13.2. The number of aromatic nitrogens is 1. The van der Waals surface area contributed by atoms with Crippen LogP contribution in [0.1, 0.15) is 24.2 Å². The Morgan fingerprint density at radius 2 is 1.86 bits per heavy atom. The van der Waals surface area contributed by atoms with Gasteiger partial charge in [-0.15, -0.1) is 11.3 Å². The zero-order valence-electron chi connectivity index (χ0n) is 19.8. The molecule has 4 rings (SSSR count). The van der Waals surface area contributed by atoms with Crippen molar-refractivity contribution in [2.45, 2.75) is 31.0 Å². The molecular formula is C24H27N3O6S2. The Kier molecular flexibility index (Phi) is 7.41. The van der Waals surface area contributed by atoms with E-state index >= 15 is 0 Å². The first kappa shape index (κ1) is 25.1. The van der Waals surface area contributed by atoms with Gasteiger partial charge in [-0.1, -0.05) is 6.07 Å². The van der Waals surface area contributed by atoms with Gasteiger partial charge in [0.25, 0.3) is 5.91 Å². The molecule has 1 aromatic heterocycles. The number of ether oxygens (including phenoxy) is 3. The number of hydrogen-bond donors (Lipinski definition) is 1. The van der Waals surface area contributed by atoms with E-state index in [1.807, 2.05) is 13.8 Å². The summed E-state index contributed by atoms with van der Waals surface area (Å²) in [5.41, 5.74) is 1.56. The van der Waals surface area contributed by atoms with E-state index < -0.39 is 15.9 Å². The highest BCUT2D eigenvalue weighted by Gasteiger charge is 2.32. The third-order valence-corrected chi connectivity index (χ3v) is 8.11. The van der Waals surface area contributed by atoms with Crippen LogP contribution in [0, 0.1) is 0 Å². The molecular weight excluding hydrogens is 490 g/mol. The number of amides is 1. The van der Waals surface area contributed by atoms with Crippen molar-refractivity contribution in [2.24, 2.45) is 0 Å². The van der Waals surface area contributed by atoms with Gasteiger partial charge in [0.15, 0.2) is 5.13 Å². The maximum Gasteiger partial charge on any atom is 0.257 e. The number of nitrogens with one attached hydrogen (secondary N) is 1. The summed E-state index contributed by atoms with van der Waals surface area (Å²) in [5, 5.41) is 4.93. The van der Waals surface area contributed by atoms with Gasteiger partial charge in [0.2, 0.25) is 10.0 Å². The van der Waals surface area contributed by atoms with Crippen LogP contribution in [0.25, 0.3) is 11.3 Å². The highest BCUT2D eigenvalue weighted by Crippen LogP contribution is 2.35. The topological polar surface area (TPSA) is 107 Å². The fourth-order valence-electron chi connectivity index (χ4n) is 3.91. The molecule has 2 atom stereocenters. The lowest BCUT2D eigenvalue weighted by Gasteiger charge is -2.34. The molecule has 1 aliphatic heterocycles. The van der Waals surface area contributed by atoms with Crippen molar-refractivity contribution in [2.75, 3.05) is 32.6 Å². The summed E-state index contributed by atoms with van der Waals surface area (Å²) in [6, 6.07) is 11.4. The Balaban J connectivity index is 1.53. The molecule has 0 aliphatic carbocycles. The van der Waals surface area contributed by atoms with Crippen molar-refractivity contribution < 1.29 is 27.4 Å². The molecule has 1 fully saturated rings. The number of thiazole rings is 1. The fourth-order valence-corrected chi connectivity index (χ4v) is 6.25. The molecule has 0 radical (unpaired) electrons. The zero-order valence-corrected chi connectivity index (χ0v) is 21.5. The summed E-state index contributed by atoms with van der Waals surface area (Å²) in [6.45, 7) is 4.20. The first-order chi connectivity index (χ1) is 16.7. The monoisotopic (exact) mass is 517 g/mol. The highest BCUT2D eigenvalue weighted by molar-refractivity contribution is 7.89. The van der Waals surface area contributed by atoms with Gasteiger partial charge in [0.1, 0.15) is 11.5 Å². The molecule has 11 heteroatoms. The third kappa shape index (κ3) is 5.48. The summed E-state index contributed by atoms with van der Waals surface area (Å²) in [7, 11) is -0.623. The predicted molar refractivity (Wildman–Crippen MR) is 134 cm³/mol. The molecule has 2 aromatic carbocycles. The van der Waals surface area contributed by atoms with Crippen LogP contribution in [0.5, 0.6) is 11.5 Å². The first-order valence-electron chi connectivity index (χ1n) is 11.0. The standard InChI is InChI=1S/C24H27N3O6S2/c1-15-12-27(13-16(2)33-15)35(29,30)19-7-5-6-17(10-19)23(28)26-24-25-21(14-34-24)20-11-18(31-3)8-9-22(20)32-4/h5-11,14-16H,12-13H2,1-4H3,(H,25,26,28)/t15-,16+. The van der Waals surface area contributed by atoms with Crippen molar-refractivity contribution >= 4 is 32.4 Å². The van der Waals surface area contributed by atoms with Gasteiger partial charge >= 0.3 is 0 Å². The van der Waals surface area contributed by atoms with Crippen LogP contribution < -0.4 is 14.8 Å². The van der Waals surface area contributed by atoms with E-state index in [4.69, 9.17) is 14.2 Å². The van der Waals surface area contributed by atoms with Crippen LogP contribution in [-0.2, 0) is 14.8 Å². The van der Waals surface area contributed by atoms with Crippen LogP contribution in [-0.4, -0.2) is 63.1 Å².